The van der Waals surface area contributed by atoms with Gasteiger partial charge in [-0.05, 0) is 56.5 Å². The van der Waals surface area contributed by atoms with Crippen LogP contribution in [0.15, 0.2) is 24.3 Å². The highest BCUT2D eigenvalue weighted by atomic mass is 32.2. The first kappa shape index (κ1) is 16.2. The molecule has 1 unspecified atom stereocenters. The number of nitrogens with zero attached hydrogens (tertiary/aromatic N) is 2. The second-order valence-corrected chi connectivity index (χ2v) is 7.10. The van der Waals surface area contributed by atoms with Gasteiger partial charge in [0.2, 0.25) is 0 Å². The first-order chi connectivity index (χ1) is 9.98. The third-order valence-electron chi connectivity index (χ3n) is 3.82. The normalized spacial score (nSPS) is 20.4. The van der Waals surface area contributed by atoms with E-state index in [-0.39, 0.29) is 11.7 Å². The molecular formula is C14H22FN3O2S. The molecule has 1 atom stereocenters. The van der Waals surface area contributed by atoms with Crippen LogP contribution in [0.1, 0.15) is 19.8 Å². The predicted octanol–water partition coefficient (Wildman–Crippen LogP) is 1.57. The summed E-state index contributed by atoms with van der Waals surface area (Å²) in [6, 6.07) is 5.51. The van der Waals surface area contributed by atoms with E-state index in [2.05, 4.69) is 0 Å². The highest BCUT2D eigenvalue weighted by molar-refractivity contribution is 7.90. The second kappa shape index (κ2) is 6.72. The number of rotatable bonds is 5. The van der Waals surface area contributed by atoms with Crippen LogP contribution in [-0.4, -0.2) is 38.9 Å². The van der Waals surface area contributed by atoms with Crippen LogP contribution < -0.4 is 10.0 Å². The van der Waals surface area contributed by atoms with Crippen LogP contribution in [-0.2, 0) is 10.2 Å². The molecule has 21 heavy (non-hydrogen) atoms. The van der Waals surface area contributed by atoms with Crippen LogP contribution in [0.4, 0.5) is 10.1 Å². The van der Waals surface area contributed by atoms with Gasteiger partial charge in [0.25, 0.3) is 0 Å². The number of anilines is 1. The molecule has 0 aromatic heterocycles. The smallest absolute Gasteiger partial charge is 0.304 e. The van der Waals surface area contributed by atoms with Crippen molar-refractivity contribution >= 4 is 15.9 Å². The summed E-state index contributed by atoms with van der Waals surface area (Å²) >= 11 is 0. The maximum atomic E-state index is 13.0. The number of nitrogens with two attached hydrogens (primary N) is 1. The third kappa shape index (κ3) is 3.53. The lowest BCUT2D eigenvalue weighted by atomic mass is 10.0. The van der Waals surface area contributed by atoms with E-state index in [1.54, 1.807) is 6.92 Å². The third-order valence-corrected chi connectivity index (χ3v) is 5.83. The Labute approximate surface area is 125 Å². The van der Waals surface area contributed by atoms with Crippen molar-refractivity contribution in [2.75, 3.05) is 30.5 Å². The van der Waals surface area contributed by atoms with Crippen LogP contribution in [0.3, 0.4) is 0 Å². The molecule has 1 heterocycles. The minimum absolute atomic E-state index is 0.209. The Balaban J connectivity index is 2.25. The highest BCUT2D eigenvalue weighted by Gasteiger charge is 2.32. The van der Waals surface area contributed by atoms with Crippen LogP contribution in [0.2, 0.25) is 0 Å². The number of hydrogen-bond donors (Lipinski definition) is 1. The van der Waals surface area contributed by atoms with Gasteiger partial charge in [0.1, 0.15) is 5.82 Å². The van der Waals surface area contributed by atoms with Crippen molar-refractivity contribution in [2.45, 2.75) is 19.8 Å². The van der Waals surface area contributed by atoms with Crippen molar-refractivity contribution in [3.63, 3.8) is 0 Å². The fourth-order valence-electron chi connectivity index (χ4n) is 2.65. The maximum Gasteiger partial charge on any atom is 0.304 e. The van der Waals surface area contributed by atoms with E-state index >= 15 is 0 Å². The molecule has 118 valence electrons. The lowest BCUT2D eigenvalue weighted by Crippen LogP contribution is -2.49. The average Bonchev–Trinajstić information content (AvgIpc) is 2.50. The van der Waals surface area contributed by atoms with Gasteiger partial charge >= 0.3 is 10.2 Å². The summed E-state index contributed by atoms with van der Waals surface area (Å²) in [5.41, 5.74) is 6.15. The van der Waals surface area contributed by atoms with Gasteiger partial charge in [-0.3, -0.25) is 4.31 Å². The minimum Gasteiger partial charge on any atom is -0.330 e. The van der Waals surface area contributed by atoms with Crippen molar-refractivity contribution in [2.24, 2.45) is 11.7 Å². The van der Waals surface area contributed by atoms with Gasteiger partial charge in [-0.1, -0.05) is 0 Å². The largest absolute Gasteiger partial charge is 0.330 e. The number of hydrogen-bond acceptors (Lipinski definition) is 3. The molecule has 1 aliphatic rings. The van der Waals surface area contributed by atoms with E-state index in [9.17, 15) is 12.8 Å². The molecule has 5 nitrogen and oxygen atoms in total. The topological polar surface area (TPSA) is 66.6 Å². The summed E-state index contributed by atoms with van der Waals surface area (Å²) in [6.45, 7) is 3.53. The highest BCUT2D eigenvalue weighted by Crippen LogP contribution is 2.24. The lowest BCUT2D eigenvalue weighted by molar-refractivity contribution is 0.271. The fraction of sp³-hybridized carbons (Fsp3) is 0.571. The van der Waals surface area contributed by atoms with E-state index in [4.69, 9.17) is 5.73 Å². The van der Waals surface area contributed by atoms with Crippen LogP contribution in [0.25, 0.3) is 0 Å². The number of halogens is 1. The molecule has 0 spiro atoms. The zero-order valence-electron chi connectivity index (χ0n) is 12.2. The lowest BCUT2D eigenvalue weighted by Gasteiger charge is -2.35. The maximum absolute atomic E-state index is 13.0. The van der Waals surface area contributed by atoms with Crippen molar-refractivity contribution in [1.82, 2.24) is 4.31 Å². The monoisotopic (exact) mass is 315 g/mol. The molecule has 1 fully saturated rings. The summed E-state index contributed by atoms with van der Waals surface area (Å²) < 4.78 is 41.4. The minimum atomic E-state index is -3.59. The Morgan fingerprint density at radius 1 is 1.38 bits per heavy atom. The van der Waals surface area contributed by atoms with Crippen LogP contribution >= 0.6 is 0 Å². The molecule has 2 rings (SSSR count). The van der Waals surface area contributed by atoms with Crippen molar-refractivity contribution < 1.29 is 12.8 Å². The first-order valence-electron chi connectivity index (χ1n) is 7.22. The molecule has 0 saturated carbocycles. The molecule has 0 radical (unpaired) electrons. The summed E-state index contributed by atoms with van der Waals surface area (Å²) in [5.74, 6) is -0.172. The van der Waals surface area contributed by atoms with Gasteiger partial charge < -0.3 is 5.73 Å². The Hall–Kier alpha value is -1.18. The standard InChI is InChI=1S/C14H22FN3O2S/c1-2-18(14-7-5-13(15)6-8-14)21(19,20)17-9-3-4-12(10-16)11-17/h5-8,12H,2-4,9-11,16H2,1H3. The van der Waals surface area contributed by atoms with Crippen molar-refractivity contribution in [1.29, 1.82) is 0 Å². The molecule has 7 heteroatoms. The summed E-state index contributed by atoms with van der Waals surface area (Å²) in [4.78, 5) is 0. The molecule has 0 amide bonds. The molecule has 1 saturated heterocycles. The summed E-state index contributed by atoms with van der Waals surface area (Å²) in [7, 11) is -3.59. The van der Waals surface area contributed by atoms with Gasteiger partial charge in [-0.15, -0.1) is 0 Å². The van der Waals surface area contributed by atoms with Crippen molar-refractivity contribution in [3.8, 4) is 0 Å². The van der Waals surface area contributed by atoms with E-state index in [1.807, 2.05) is 0 Å². The Morgan fingerprint density at radius 3 is 2.62 bits per heavy atom. The number of benzene rings is 1. The molecule has 1 aromatic carbocycles. The molecule has 1 aliphatic heterocycles. The van der Waals surface area contributed by atoms with E-state index in [0.29, 0.717) is 31.9 Å². The molecule has 0 aliphatic carbocycles. The van der Waals surface area contributed by atoms with Gasteiger partial charge in [-0.25, -0.2) is 4.39 Å². The summed E-state index contributed by atoms with van der Waals surface area (Å²) in [5, 5.41) is 0. The Kier molecular flexibility index (Phi) is 5.18. The number of piperidine rings is 1. The van der Waals surface area contributed by atoms with Gasteiger partial charge in [0.05, 0.1) is 5.69 Å². The van der Waals surface area contributed by atoms with Gasteiger partial charge in [-0.2, -0.15) is 12.7 Å². The van der Waals surface area contributed by atoms with E-state index < -0.39 is 10.2 Å². The predicted molar refractivity (Wildman–Crippen MR) is 81.7 cm³/mol. The first-order valence-corrected chi connectivity index (χ1v) is 8.62. The van der Waals surface area contributed by atoms with Crippen LogP contribution in [0.5, 0.6) is 0 Å². The summed E-state index contributed by atoms with van der Waals surface area (Å²) in [6.07, 6.45) is 1.78. The average molecular weight is 315 g/mol. The molecular weight excluding hydrogens is 293 g/mol. The SMILES string of the molecule is CCN(c1ccc(F)cc1)S(=O)(=O)N1CCCC(CN)C1. The molecule has 2 N–H and O–H groups in total. The second-order valence-electron chi connectivity index (χ2n) is 5.25. The molecule has 1 aromatic rings. The quantitative estimate of drug-likeness (QED) is 0.897. The Morgan fingerprint density at radius 2 is 2.05 bits per heavy atom. The van der Waals surface area contributed by atoms with E-state index in [0.717, 1.165) is 12.8 Å². The van der Waals surface area contributed by atoms with E-state index in [1.165, 1.54) is 32.9 Å². The Bertz CT molecular complexity index is 562. The van der Waals surface area contributed by atoms with Crippen molar-refractivity contribution in [3.05, 3.63) is 30.1 Å². The van der Waals surface area contributed by atoms with Gasteiger partial charge in [0.15, 0.2) is 0 Å². The molecule has 0 bridgehead atoms. The van der Waals surface area contributed by atoms with Gasteiger partial charge in [0, 0.05) is 19.6 Å². The zero-order valence-corrected chi connectivity index (χ0v) is 13.0. The zero-order chi connectivity index (χ0) is 15.5. The van der Waals surface area contributed by atoms with Crippen LogP contribution in [0, 0.1) is 11.7 Å². The fourth-order valence-corrected chi connectivity index (χ4v) is 4.41.